The highest BCUT2D eigenvalue weighted by Gasteiger charge is 2.34. The van der Waals surface area contributed by atoms with Gasteiger partial charge >= 0.3 is 0 Å². The van der Waals surface area contributed by atoms with Gasteiger partial charge in [-0.25, -0.2) is 0 Å². The monoisotopic (exact) mass is 292 g/mol. The molecule has 1 aromatic carbocycles. The lowest BCUT2D eigenvalue weighted by molar-refractivity contribution is -0.124. The minimum absolute atomic E-state index is 0.0920. The van der Waals surface area contributed by atoms with Gasteiger partial charge in [-0.15, -0.1) is 11.8 Å². The van der Waals surface area contributed by atoms with Crippen molar-refractivity contribution in [1.82, 2.24) is 4.90 Å². The van der Waals surface area contributed by atoms with Crippen LogP contribution in [0.25, 0.3) is 0 Å². The highest BCUT2D eigenvalue weighted by Crippen LogP contribution is 2.27. The first-order valence-corrected chi connectivity index (χ1v) is 8.00. The predicted molar refractivity (Wildman–Crippen MR) is 80.6 cm³/mol. The van der Waals surface area contributed by atoms with Crippen molar-refractivity contribution in [1.29, 1.82) is 0 Å². The van der Waals surface area contributed by atoms with Crippen LogP contribution in [0.4, 0.5) is 0 Å². The van der Waals surface area contributed by atoms with Gasteiger partial charge in [-0.1, -0.05) is 19.1 Å². The number of hydrogen-bond donors (Lipinski definition) is 1. The molecule has 1 fully saturated rings. The van der Waals surface area contributed by atoms with Crippen molar-refractivity contribution >= 4 is 23.6 Å². The second kappa shape index (κ2) is 6.31. The Hall–Kier alpha value is -1.49. The van der Waals surface area contributed by atoms with Gasteiger partial charge in [0.1, 0.15) is 6.04 Å². The van der Waals surface area contributed by atoms with Crippen LogP contribution in [0.2, 0.25) is 0 Å². The predicted octanol–water partition coefficient (Wildman–Crippen LogP) is 2.13. The number of amides is 2. The summed E-state index contributed by atoms with van der Waals surface area (Å²) in [4.78, 5) is 26.9. The number of benzene rings is 1. The topological polar surface area (TPSA) is 63.4 Å². The van der Waals surface area contributed by atoms with Gasteiger partial charge in [0.15, 0.2) is 0 Å². The maximum absolute atomic E-state index is 12.7. The minimum atomic E-state index is -0.485. The molecule has 0 bridgehead atoms. The van der Waals surface area contributed by atoms with E-state index in [1.807, 2.05) is 30.5 Å². The van der Waals surface area contributed by atoms with Crippen LogP contribution in [0.15, 0.2) is 29.2 Å². The lowest BCUT2D eigenvalue weighted by Crippen LogP contribution is -2.52. The first-order valence-electron chi connectivity index (χ1n) is 6.78. The van der Waals surface area contributed by atoms with Crippen molar-refractivity contribution in [2.45, 2.75) is 30.7 Å². The van der Waals surface area contributed by atoms with Crippen LogP contribution in [-0.2, 0) is 4.79 Å². The molecule has 0 spiro atoms. The van der Waals surface area contributed by atoms with Crippen LogP contribution in [-0.4, -0.2) is 35.6 Å². The maximum atomic E-state index is 12.7. The molecule has 0 saturated carbocycles. The number of hydrogen-bond acceptors (Lipinski definition) is 3. The SMILES string of the molecule is CSc1ccccc1C(=O)N1CC[C@@H](C)C[C@H]1C(N)=O. The summed E-state index contributed by atoms with van der Waals surface area (Å²) in [5.74, 6) is -0.0791. The van der Waals surface area contributed by atoms with Crippen LogP contribution in [0.5, 0.6) is 0 Å². The molecule has 1 heterocycles. The number of nitrogens with two attached hydrogens (primary N) is 1. The Labute approximate surface area is 123 Å². The molecular weight excluding hydrogens is 272 g/mol. The van der Waals surface area contributed by atoms with Crippen LogP contribution in [0.1, 0.15) is 30.1 Å². The van der Waals surface area contributed by atoms with Crippen LogP contribution < -0.4 is 5.73 Å². The highest BCUT2D eigenvalue weighted by atomic mass is 32.2. The average Bonchev–Trinajstić information content (AvgIpc) is 2.46. The Morgan fingerprint density at radius 3 is 2.70 bits per heavy atom. The Morgan fingerprint density at radius 2 is 2.05 bits per heavy atom. The maximum Gasteiger partial charge on any atom is 0.255 e. The van der Waals surface area contributed by atoms with Crippen LogP contribution in [0, 0.1) is 5.92 Å². The summed E-state index contributed by atoms with van der Waals surface area (Å²) >= 11 is 1.53. The van der Waals surface area contributed by atoms with Gasteiger partial charge in [0.05, 0.1) is 5.56 Å². The molecule has 1 saturated heterocycles. The summed E-state index contributed by atoms with van der Waals surface area (Å²) < 4.78 is 0. The number of likely N-dealkylation sites (tertiary alicyclic amines) is 1. The number of carbonyl (C=O) groups excluding carboxylic acids is 2. The van der Waals surface area contributed by atoms with Crippen molar-refractivity contribution in [3.05, 3.63) is 29.8 Å². The summed E-state index contributed by atoms with van der Waals surface area (Å²) in [6, 6.07) is 7.00. The van der Waals surface area contributed by atoms with E-state index < -0.39 is 11.9 Å². The third-order valence-corrected chi connectivity index (χ3v) is 4.59. The molecule has 2 rings (SSSR count). The molecule has 0 radical (unpaired) electrons. The summed E-state index contributed by atoms with van der Waals surface area (Å²) in [6.07, 6.45) is 3.51. The molecule has 0 aromatic heterocycles. The Balaban J connectivity index is 2.29. The Kier molecular flexibility index (Phi) is 4.70. The molecule has 1 aliphatic heterocycles. The normalized spacial score (nSPS) is 22.6. The van der Waals surface area contributed by atoms with E-state index in [4.69, 9.17) is 5.73 Å². The first kappa shape index (κ1) is 14.9. The summed E-state index contributed by atoms with van der Waals surface area (Å²) in [7, 11) is 0. The van der Waals surface area contributed by atoms with Gasteiger partial charge in [-0.05, 0) is 37.1 Å². The molecule has 1 aromatic rings. The lowest BCUT2D eigenvalue weighted by atomic mass is 9.91. The zero-order valence-electron chi connectivity index (χ0n) is 11.8. The van der Waals surface area contributed by atoms with Crippen molar-refractivity contribution in [2.75, 3.05) is 12.8 Å². The number of nitrogens with zero attached hydrogens (tertiary/aromatic N) is 1. The van der Waals surface area contributed by atoms with E-state index in [0.29, 0.717) is 24.4 Å². The van der Waals surface area contributed by atoms with E-state index in [0.717, 1.165) is 11.3 Å². The number of thioether (sulfide) groups is 1. The number of primary amides is 1. The van der Waals surface area contributed by atoms with Gasteiger partial charge < -0.3 is 10.6 Å². The van der Waals surface area contributed by atoms with E-state index >= 15 is 0 Å². The summed E-state index contributed by atoms with van der Waals surface area (Å²) in [5.41, 5.74) is 6.12. The molecule has 1 aliphatic rings. The number of rotatable bonds is 3. The van der Waals surface area contributed by atoms with Crippen LogP contribution >= 0.6 is 11.8 Å². The third kappa shape index (κ3) is 2.98. The van der Waals surface area contributed by atoms with E-state index in [1.165, 1.54) is 11.8 Å². The standard InChI is InChI=1S/C15H20N2O2S/c1-10-7-8-17(12(9-10)14(16)18)15(19)11-5-3-4-6-13(11)20-2/h3-6,10,12H,7-9H2,1-2H3,(H2,16,18)/t10-,12+/m1/s1. The second-order valence-electron chi connectivity index (χ2n) is 5.25. The van der Waals surface area contributed by atoms with Gasteiger partial charge in [-0.3, -0.25) is 9.59 Å². The molecule has 4 nitrogen and oxygen atoms in total. The fourth-order valence-electron chi connectivity index (χ4n) is 2.63. The van der Waals surface area contributed by atoms with Crippen molar-refractivity contribution in [3.8, 4) is 0 Å². The summed E-state index contributed by atoms with van der Waals surface area (Å²) in [5, 5.41) is 0. The fourth-order valence-corrected chi connectivity index (χ4v) is 3.22. The average molecular weight is 292 g/mol. The van der Waals surface area contributed by atoms with Crippen LogP contribution in [0.3, 0.4) is 0 Å². The molecule has 5 heteroatoms. The minimum Gasteiger partial charge on any atom is -0.368 e. The molecule has 20 heavy (non-hydrogen) atoms. The van der Waals surface area contributed by atoms with E-state index in [-0.39, 0.29) is 5.91 Å². The van der Waals surface area contributed by atoms with Crippen molar-refractivity contribution in [3.63, 3.8) is 0 Å². The molecule has 0 unspecified atom stereocenters. The van der Waals surface area contributed by atoms with E-state index in [1.54, 1.807) is 4.90 Å². The highest BCUT2D eigenvalue weighted by molar-refractivity contribution is 7.98. The Bertz CT molecular complexity index is 518. The number of carbonyl (C=O) groups is 2. The smallest absolute Gasteiger partial charge is 0.255 e. The van der Waals surface area contributed by atoms with Gasteiger partial charge in [0, 0.05) is 11.4 Å². The molecule has 108 valence electrons. The van der Waals surface area contributed by atoms with Crippen molar-refractivity contribution in [2.24, 2.45) is 11.7 Å². The molecule has 0 aliphatic carbocycles. The number of piperidine rings is 1. The molecule has 2 amide bonds. The largest absolute Gasteiger partial charge is 0.368 e. The van der Waals surface area contributed by atoms with Gasteiger partial charge in [-0.2, -0.15) is 0 Å². The quantitative estimate of drug-likeness (QED) is 0.868. The third-order valence-electron chi connectivity index (χ3n) is 3.79. The van der Waals surface area contributed by atoms with E-state index in [9.17, 15) is 9.59 Å². The molecule has 2 N–H and O–H groups in total. The summed E-state index contributed by atoms with van der Waals surface area (Å²) in [6.45, 7) is 2.68. The fraction of sp³-hybridized carbons (Fsp3) is 0.467. The Morgan fingerprint density at radius 1 is 1.35 bits per heavy atom. The van der Waals surface area contributed by atoms with E-state index in [2.05, 4.69) is 6.92 Å². The van der Waals surface area contributed by atoms with Crippen molar-refractivity contribution < 1.29 is 9.59 Å². The zero-order valence-corrected chi connectivity index (χ0v) is 12.7. The molecular formula is C15H20N2O2S. The van der Waals surface area contributed by atoms with Gasteiger partial charge in [0.2, 0.25) is 5.91 Å². The van der Waals surface area contributed by atoms with Gasteiger partial charge in [0.25, 0.3) is 5.91 Å². The first-order chi connectivity index (χ1) is 9.54. The molecule has 2 atom stereocenters. The zero-order chi connectivity index (χ0) is 14.7. The lowest BCUT2D eigenvalue weighted by Gasteiger charge is -2.37. The second-order valence-corrected chi connectivity index (χ2v) is 6.09.